The van der Waals surface area contributed by atoms with E-state index in [0.717, 1.165) is 35.6 Å². The van der Waals surface area contributed by atoms with Gasteiger partial charge in [-0.1, -0.05) is 0 Å². The molecule has 5 heterocycles. The van der Waals surface area contributed by atoms with Crippen molar-refractivity contribution in [3.8, 4) is 17.3 Å². The number of morpholine rings is 1. The molecule has 2 aliphatic heterocycles. The number of nitrogens with one attached hydrogen (secondary N) is 1. The average Bonchev–Trinajstić information content (AvgIpc) is 3.48. The zero-order chi connectivity index (χ0) is 20.1. The van der Waals surface area contributed by atoms with Crippen molar-refractivity contribution in [2.24, 2.45) is 0 Å². The smallest absolute Gasteiger partial charge is 0.215 e. The molecule has 162 valence electrons. The molecule has 4 N–H and O–H groups in total. The molecule has 2 fully saturated rings. The third-order valence-corrected chi connectivity index (χ3v) is 6.24. The molecular weight excluding hydrogens is 400 g/mol. The van der Waals surface area contributed by atoms with Crippen LogP contribution in [0.2, 0.25) is 0 Å². The number of rotatable bonds is 3. The van der Waals surface area contributed by atoms with Crippen LogP contribution >= 0.6 is 11.8 Å². The Morgan fingerprint density at radius 3 is 2.77 bits per heavy atom. The number of hydrogen-bond donors (Lipinski definition) is 2. The van der Waals surface area contributed by atoms with E-state index in [0.29, 0.717) is 24.4 Å². The summed E-state index contributed by atoms with van der Waals surface area (Å²) in [4.78, 5) is 19.0. The van der Waals surface area contributed by atoms with Gasteiger partial charge in [-0.2, -0.15) is 16.7 Å². The molecular formula is C21H30N6O2S. The molecule has 1 atom stereocenters. The molecule has 0 spiro atoms. The Labute approximate surface area is 181 Å². The summed E-state index contributed by atoms with van der Waals surface area (Å²) in [6, 6.07) is 6.08. The van der Waals surface area contributed by atoms with Gasteiger partial charge in [-0.15, -0.1) is 0 Å². The van der Waals surface area contributed by atoms with Crippen molar-refractivity contribution in [1.82, 2.24) is 26.1 Å². The van der Waals surface area contributed by atoms with Crippen molar-refractivity contribution in [2.45, 2.75) is 25.8 Å². The maximum Gasteiger partial charge on any atom is 0.215 e. The highest BCUT2D eigenvalue weighted by atomic mass is 32.2. The number of thioether (sulfide) groups is 1. The topological polar surface area (TPSA) is 111 Å². The van der Waals surface area contributed by atoms with E-state index in [1.165, 1.54) is 24.3 Å². The second-order valence-corrected chi connectivity index (χ2v) is 8.35. The SMILES string of the molecule is C1CCSC1.COc1cc(-c2nccc(N3CCOCC3C)n2)c2cc[nH]c2n1.N. The van der Waals surface area contributed by atoms with Crippen LogP contribution in [0.4, 0.5) is 5.82 Å². The minimum atomic E-state index is 0. The van der Waals surface area contributed by atoms with Crippen molar-refractivity contribution in [3.05, 3.63) is 30.6 Å². The largest absolute Gasteiger partial charge is 0.481 e. The van der Waals surface area contributed by atoms with Crippen molar-refractivity contribution in [3.63, 3.8) is 0 Å². The highest BCUT2D eigenvalue weighted by molar-refractivity contribution is 7.99. The van der Waals surface area contributed by atoms with Gasteiger partial charge in [0.2, 0.25) is 5.88 Å². The van der Waals surface area contributed by atoms with Gasteiger partial charge >= 0.3 is 0 Å². The van der Waals surface area contributed by atoms with E-state index in [4.69, 9.17) is 14.5 Å². The second-order valence-electron chi connectivity index (χ2n) is 7.13. The summed E-state index contributed by atoms with van der Waals surface area (Å²) in [5.41, 5.74) is 1.67. The van der Waals surface area contributed by atoms with Gasteiger partial charge in [-0.25, -0.2) is 9.97 Å². The Hall–Kier alpha value is -2.36. The van der Waals surface area contributed by atoms with Crippen molar-refractivity contribution >= 4 is 28.6 Å². The lowest BCUT2D eigenvalue weighted by molar-refractivity contribution is 0.0985. The summed E-state index contributed by atoms with van der Waals surface area (Å²) in [6.45, 7) is 4.40. The van der Waals surface area contributed by atoms with E-state index >= 15 is 0 Å². The van der Waals surface area contributed by atoms with Gasteiger partial charge < -0.3 is 25.5 Å². The van der Waals surface area contributed by atoms with Crippen LogP contribution in [0.25, 0.3) is 22.4 Å². The number of pyridine rings is 1. The number of fused-ring (bicyclic) bond motifs is 1. The highest BCUT2D eigenvalue weighted by Gasteiger charge is 2.21. The number of methoxy groups -OCH3 is 1. The van der Waals surface area contributed by atoms with Gasteiger partial charge in [-0.05, 0) is 43.4 Å². The Bertz CT molecular complexity index is 939. The molecule has 2 aliphatic rings. The number of nitrogens with zero attached hydrogens (tertiary/aromatic N) is 4. The first-order chi connectivity index (χ1) is 14.3. The van der Waals surface area contributed by atoms with Gasteiger partial charge in [0.1, 0.15) is 11.5 Å². The summed E-state index contributed by atoms with van der Waals surface area (Å²) in [7, 11) is 1.60. The molecule has 0 bridgehead atoms. The molecule has 0 radical (unpaired) electrons. The normalized spacial score (nSPS) is 18.5. The number of hydrogen-bond acceptors (Lipinski definition) is 8. The molecule has 3 aromatic heterocycles. The van der Waals surface area contributed by atoms with E-state index in [1.807, 2.05) is 24.4 Å². The third kappa shape index (κ3) is 5.03. The lowest BCUT2D eigenvalue weighted by Crippen LogP contribution is -2.44. The third-order valence-electron chi connectivity index (χ3n) is 5.09. The molecule has 3 aromatic rings. The summed E-state index contributed by atoms with van der Waals surface area (Å²) < 4.78 is 10.8. The molecule has 5 rings (SSSR count). The zero-order valence-electron chi connectivity index (χ0n) is 17.6. The van der Waals surface area contributed by atoms with Crippen molar-refractivity contribution < 1.29 is 9.47 Å². The molecule has 0 saturated carbocycles. The van der Waals surface area contributed by atoms with Crippen LogP contribution in [0.3, 0.4) is 0 Å². The Balaban J connectivity index is 0.000000376. The lowest BCUT2D eigenvalue weighted by atomic mass is 10.1. The van der Waals surface area contributed by atoms with E-state index in [2.05, 4.69) is 38.5 Å². The molecule has 0 aromatic carbocycles. The van der Waals surface area contributed by atoms with E-state index in [1.54, 1.807) is 13.3 Å². The fraction of sp³-hybridized carbons (Fsp3) is 0.476. The van der Waals surface area contributed by atoms with Gasteiger partial charge in [0.15, 0.2) is 5.82 Å². The second kappa shape index (κ2) is 10.6. The predicted molar refractivity (Wildman–Crippen MR) is 123 cm³/mol. The van der Waals surface area contributed by atoms with Crippen LogP contribution in [0.5, 0.6) is 5.88 Å². The van der Waals surface area contributed by atoms with Crippen molar-refractivity contribution in [2.75, 3.05) is 43.3 Å². The molecule has 2 saturated heterocycles. The minimum Gasteiger partial charge on any atom is -0.481 e. The monoisotopic (exact) mass is 430 g/mol. The molecule has 1 unspecified atom stereocenters. The summed E-state index contributed by atoms with van der Waals surface area (Å²) in [5.74, 6) is 4.94. The summed E-state index contributed by atoms with van der Waals surface area (Å²) >= 11 is 2.07. The minimum absolute atomic E-state index is 0. The van der Waals surface area contributed by atoms with Crippen LogP contribution in [0, 0.1) is 0 Å². The number of anilines is 1. The maximum atomic E-state index is 5.51. The highest BCUT2D eigenvalue weighted by Crippen LogP contribution is 2.29. The van der Waals surface area contributed by atoms with Crippen LogP contribution in [0.15, 0.2) is 30.6 Å². The predicted octanol–water partition coefficient (Wildman–Crippen LogP) is 3.93. The number of ether oxygens (including phenoxy) is 2. The number of H-pyrrole nitrogens is 1. The quantitative estimate of drug-likeness (QED) is 0.643. The van der Waals surface area contributed by atoms with Gasteiger partial charge in [-0.3, -0.25) is 0 Å². The van der Waals surface area contributed by atoms with Gasteiger partial charge in [0.05, 0.1) is 26.4 Å². The number of aromatic nitrogens is 4. The molecule has 9 heteroatoms. The Kier molecular flexibility index (Phi) is 7.89. The van der Waals surface area contributed by atoms with Crippen LogP contribution in [0.1, 0.15) is 19.8 Å². The molecule has 0 aliphatic carbocycles. The van der Waals surface area contributed by atoms with Crippen LogP contribution in [-0.4, -0.2) is 64.4 Å². The lowest BCUT2D eigenvalue weighted by Gasteiger charge is -2.34. The fourth-order valence-corrected chi connectivity index (χ4v) is 4.54. The first kappa shape index (κ1) is 22.3. The van der Waals surface area contributed by atoms with Gasteiger partial charge in [0, 0.05) is 36.0 Å². The Morgan fingerprint density at radius 2 is 2.07 bits per heavy atom. The first-order valence-electron chi connectivity index (χ1n) is 10.0. The standard InChI is InChI=1S/C17H19N5O2.C4H8S.H3N/c1-11-10-24-8-7-22(11)14-4-6-19-17(20-14)13-9-15(23-2)21-16-12(13)3-5-18-16;1-2-4-5-3-1;/h3-6,9,11H,7-8,10H2,1-2H3,(H,18,21);1-4H2;1H3. The van der Waals surface area contributed by atoms with Crippen LogP contribution < -0.4 is 15.8 Å². The Morgan fingerprint density at radius 1 is 1.23 bits per heavy atom. The maximum absolute atomic E-state index is 5.51. The van der Waals surface area contributed by atoms with Gasteiger partial charge in [0.25, 0.3) is 0 Å². The number of aromatic amines is 1. The molecule has 8 nitrogen and oxygen atoms in total. The summed E-state index contributed by atoms with van der Waals surface area (Å²) in [5, 5.41) is 0.975. The molecule has 30 heavy (non-hydrogen) atoms. The van der Waals surface area contributed by atoms with E-state index in [9.17, 15) is 0 Å². The van der Waals surface area contributed by atoms with Crippen molar-refractivity contribution in [1.29, 1.82) is 0 Å². The van der Waals surface area contributed by atoms with Crippen LogP contribution in [-0.2, 0) is 4.74 Å². The zero-order valence-corrected chi connectivity index (χ0v) is 18.5. The summed E-state index contributed by atoms with van der Waals surface area (Å²) in [6.07, 6.45) is 6.58. The van der Waals surface area contributed by atoms with E-state index < -0.39 is 0 Å². The average molecular weight is 431 g/mol. The first-order valence-corrected chi connectivity index (χ1v) is 11.2. The fourth-order valence-electron chi connectivity index (χ4n) is 3.52. The molecule has 0 amide bonds. The van der Waals surface area contributed by atoms with E-state index in [-0.39, 0.29) is 6.15 Å².